The standard InChI is InChI=1S/C23H17F3N2O5/c1-14-6-11-19(20(12-14)28(31)32)27-21(29)13-33-22(30)18-5-3-2-4-17(18)15-7-9-16(10-8-15)23(24,25)26/h2-12H,13H2,1H3,(H,27,29). The van der Waals surface area contributed by atoms with Gasteiger partial charge in [-0.2, -0.15) is 13.2 Å². The van der Waals surface area contributed by atoms with E-state index in [1.165, 1.54) is 36.4 Å². The zero-order valence-electron chi connectivity index (χ0n) is 17.2. The highest BCUT2D eigenvalue weighted by Gasteiger charge is 2.30. The molecule has 0 unspecified atom stereocenters. The molecule has 3 aromatic carbocycles. The first-order valence-electron chi connectivity index (χ1n) is 9.55. The highest BCUT2D eigenvalue weighted by Crippen LogP contribution is 2.32. The summed E-state index contributed by atoms with van der Waals surface area (Å²) < 4.78 is 43.4. The number of carbonyl (C=O) groups excluding carboxylic acids is 2. The minimum Gasteiger partial charge on any atom is -0.452 e. The van der Waals surface area contributed by atoms with E-state index in [-0.39, 0.29) is 16.9 Å². The predicted molar refractivity (Wildman–Crippen MR) is 114 cm³/mol. The number of amides is 1. The molecule has 0 aromatic heterocycles. The summed E-state index contributed by atoms with van der Waals surface area (Å²) in [5, 5.41) is 13.5. The predicted octanol–water partition coefficient (Wildman–Crippen LogP) is 5.38. The maximum atomic E-state index is 12.8. The van der Waals surface area contributed by atoms with Gasteiger partial charge in [-0.05, 0) is 47.9 Å². The van der Waals surface area contributed by atoms with E-state index in [1.807, 2.05) is 0 Å². The molecule has 0 spiro atoms. The van der Waals surface area contributed by atoms with Crippen molar-refractivity contribution in [1.29, 1.82) is 0 Å². The Balaban J connectivity index is 1.72. The number of anilines is 1. The van der Waals surface area contributed by atoms with Crippen LogP contribution < -0.4 is 5.32 Å². The van der Waals surface area contributed by atoms with Crippen LogP contribution >= 0.6 is 0 Å². The van der Waals surface area contributed by atoms with Gasteiger partial charge in [0.25, 0.3) is 11.6 Å². The lowest BCUT2D eigenvalue weighted by atomic mass is 9.98. The van der Waals surface area contributed by atoms with Crippen molar-refractivity contribution in [3.8, 4) is 11.1 Å². The monoisotopic (exact) mass is 458 g/mol. The minimum absolute atomic E-state index is 0.0446. The third-order valence-electron chi connectivity index (χ3n) is 4.63. The van der Waals surface area contributed by atoms with E-state index in [0.717, 1.165) is 12.1 Å². The zero-order valence-corrected chi connectivity index (χ0v) is 17.2. The molecule has 3 aromatic rings. The summed E-state index contributed by atoms with van der Waals surface area (Å²) in [4.78, 5) is 35.2. The van der Waals surface area contributed by atoms with Gasteiger partial charge in [-0.1, -0.05) is 36.4 Å². The Morgan fingerprint density at radius 1 is 1.03 bits per heavy atom. The molecular weight excluding hydrogens is 441 g/mol. The van der Waals surface area contributed by atoms with Crippen molar-refractivity contribution in [3.63, 3.8) is 0 Å². The Bertz CT molecular complexity index is 1210. The Kier molecular flexibility index (Phi) is 6.76. The number of rotatable bonds is 6. The fraction of sp³-hybridized carbons (Fsp3) is 0.130. The van der Waals surface area contributed by atoms with Gasteiger partial charge in [0.1, 0.15) is 5.69 Å². The third kappa shape index (κ3) is 5.73. The van der Waals surface area contributed by atoms with Crippen molar-refractivity contribution in [2.24, 2.45) is 0 Å². The number of halogens is 3. The molecule has 10 heteroatoms. The molecule has 0 radical (unpaired) electrons. The van der Waals surface area contributed by atoms with E-state index in [1.54, 1.807) is 25.1 Å². The summed E-state index contributed by atoms with van der Waals surface area (Å²) in [6.45, 7) is 0.944. The van der Waals surface area contributed by atoms with Crippen LogP contribution in [0.4, 0.5) is 24.5 Å². The summed E-state index contributed by atoms with van der Waals surface area (Å²) in [6.07, 6.45) is -4.49. The quantitative estimate of drug-likeness (QED) is 0.304. The normalized spacial score (nSPS) is 11.0. The van der Waals surface area contributed by atoms with Crippen molar-refractivity contribution in [1.82, 2.24) is 0 Å². The molecule has 170 valence electrons. The van der Waals surface area contributed by atoms with Crippen LogP contribution in [-0.2, 0) is 15.7 Å². The van der Waals surface area contributed by atoms with Crippen molar-refractivity contribution in [3.05, 3.63) is 93.5 Å². The van der Waals surface area contributed by atoms with Crippen molar-refractivity contribution >= 4 is 23.3 Å². The lowest BCUT2D eigenvalue weighted by Crippen LogP contribution is -2.21. The second kappa shape index (κ2) is 9.51. The number of aryl methyl sites for hydroxylation is 1. The van der Waals surface area contributed by atoms with E-state index >= 15 is 0 Å². The summed E-state index contributed by atoms with van der Waals surface area (Å²) in [6, 6.07) is 14.6. The van der Waals surface area contributed by atoms with E-state index < -0.39 is 35.1 Å². The van der Waals surface area contributed by atoms with Crippen molar-refractivity contribution in [2.75, 3.05) is 11.9 Å². The van der Waals surface area contributed by atoms with Gasteiger partial charge in [0.2, 0.25) is 0 Å². The van der Waals surface area contributed by atoms with Crippen LogP contribution in [0.5, 0.6) is 0 Å². The zero-order chi connectivity index (χ0) is 24.2. The van der Waals surface area contributed by atoms with Crippen LogP contribution in [0, 0.1) is 17.0 Å². The molecule has 0 aliphatic rings. The molecule has 0 fully saturated rings. The number of esters is 1. The first-order valence-corrected chi connectivity index (χ1v) is 9.55. The van der Waals surface area contributed by atoms with Crippen LogP contribution in [0.2, 0.25) is 0 Å². The number of nitrogens with one attached hydrogen (secondary N) is 1. The second-order valence-corrected chi connectivity index (χ2v) is 7.02. The first kappa shape index (κ1) is 23.5. The second-order valence-electron chi connectivity index (χ2n) is 7.02. The number of ether oxygens (including phenoxy) is 1. The van der Waals surface area contributed by atoms with Gasteiger partial charge in [0.15, 0.2) is 6.61 Å². The topological polar surface area (TPSA) is 98.5 Å². The van der Waals surface area contributed by atoms with Gasteiger partial charge in [-0.15, -0.1) is 0 Å². The number of hydrogen-bond acceptors (Lipinski definition) is 5. The number of nitro benzene ring substituents is 1. The number of hydrogen-bond donors (Lipinski definition) is 1. The molecule has 1 N–H and O–H groups in total. The molecule has 0 heterocycles. The molecule has 0 atom stereocenters. The van der Waals surface area contributed by atoms with Crippen molar-refractivity contribution < 1.29 is 32.4 Å². The molecule has 0 saturated heterocycles. The van der Waals surface area contributed by atoms with E-state index in [9.17, 15) is 32.9 Å². The molecule has 0 saturated carbocycles. The highest BCUT2D eigenvalue weighted by molar-refractivity contribution is 6.00. The maximum Gasteiger partial charge on any atom is 0.416 e. The molecule has 1 amide bonds. The number of nitro groups is 1. The maximum absolute atomic E-state index is 12.8. The molecule has 0 aliphatic carbocycles. The first-order chi connectivity index (χ1) is 15.6. The fourth-order valence-corrected chi connectivity index (χ4v) is 3.05. The third-order valence-corrected chi connectivity index (χ3v) is 4.63. The minimum atomic E-state index is -4.49. The average Bonchev–Trinajstić information content (AvgIpc) is 2.78. The Labute approximate surface area is 186 Å². The molecule has 0 bridgehead atoms. The van der Waals surface area contributed by atoms with E-state index in [0.29, 0.717) is 16.7 Å². The number of carbonyl (C=O) groups is 2. The van der Waals surface area contributed by atoms with Gasteiger partial charge in [-0.3, -0.25) is 14.9 Å². The molecule has 0 aliphatic heterocycles. The SMILES string of the molecule is Cc1ccc(NC(=O)COC(=O)c2ccccc2-c2ccc(C(F)(F)F)cc2)c([N+](=O)[O-])c1. The van der Waals surface area contributed by atoms with E-state index in [4.69, 9.17) is 4.74 Å². The van der Waals surface area contributed by atoms with Crippen LogP contribution in [0.3, 0.4) is 0 Å². The Hall–Kier alpha value is -4.21. The van der Waals surface area contributed by atoms with Gasteiger partial charge < -0.3 is 10.1 Å². The smallest absolute Gasteiger partial charge is 0.416 e. The average molecular weight is 458 g/mol. The Morgan fingerprint density at radius 2 is 1.70 bits per heavy atom. The van der Waals surface area contributed by atoms with Gasteiger partial charge in [0, 0.05) is 6.07 Å². The molecule has 3 rings (SSSR count). The van der Waals surface area contributed by atoms with Gasteiger partial charge >= 0.3 is 12.1 Å². The fourth-order valence-electron chi connectivity index (χ4n) is 3.05. The summed E-state index contributed by atoms with van der Waals surface area (Å²) in [7, 11) is 0. The highest BCUT2D eigenvalue weighted by atomic mass is 19.4. The summed E-state index contributed by atoms with van der Waals surface area (Å²) in [5.41, 5.74) is 0.186. The van der Waals surface area contributed by atoms with Gasteiger partial charge in [-0.25, -0.2) is 4.79 Å². The molecule has 7 nitrogen and oxygen atoms in total. The lowest BCUT2D eigenvalue weighted by molar-refractivity contribution is -0.384. The van der Waals surface area contributed by atoms with E-state index in [2.05, 4.69) is 5.32 Å². The van der Waals surface area contributed by atoms with Crippen LogP contribution in [0.25, 0.3) is 11.1 Å². The number of benzene rings is 3. The Morgan fingerprint density at radius 3 is 2.33 bits per heavy atom. The summed E-state index contributed by atoms with van der Waals surface area (Å²) >= 11 is 0. The number of alkyl halides is 3. The summed E-state index contributed by atoms with van der Waals surface area (Å²) in [5.74, 6) is -1.67. The number of nitrogens with zero attached hydrogens (tertiary/aromatic N) is 1. The molecular formula is C23H17F3N2O5. The van der Waals surface area contributed by atoms with Crippen LogP contribution in [-0.4, -0.2) is 23.4 Å². The van der Waals surface area contributed by atoms with Crippen LogP contribution in [0.15, 0.2) is 66.7 Å². The molecule has 33 heavy (non-hydrogen) atoms. The van der Waals surface area contributed by atoms with Crippen LogP contribution in [0.1, 0.15) is 21.5 Å². The lowest BCUT2D eigenvalue weighted by Gasteiger charge is -2.12. The largest absolute Gasteiger partial charge is 0.452 e. The van der Waals surface area contributed by atoms with Crippen molar-refractivity contribution in [2.45, 2.75) is 13.1 Å². The van der Waals surface area contributed by atoms with Gasteiger partial charge in [0.05, 0.1) is 16.1 Å².